The molecule has 29 heavy (non-hydrogen) atoms. The lowest BCUT2D eigenvalue weighted by Crippen LogP contribution is -2.46. The number of carbonyl (C=O) groups is 1. The lowest BCUT2D eigenvalue weighted by molar-refractivity contribution is -0.121. The van der Waals surface area contributed by atoms with Crippen LogP contribution in [0.2, 0.25) is 0 Å². The van der Waals surface area contributed by atoms with Crippen molar-refractivity contribution in [2.24, 2.45) is 40.4 Å². The van der Waals surface area contributed by atoms with Gasteiger partial charge < -0.3 is 5.11 Å². The molecule has 0 radical (unpaired) electrons. The first-order valence-electron chi connectivity index (χ1n) is 12.6. The number of hydrogen-bond donors (Lipinski definition) is 1. The van der Waals surface area contributed by atoms with Crippen LogP contribution >= 0.6 is 0 Å². The van der Waals surface area contributed by atoms with Crippen LogP contribution in [-0.2, 0) is 4.79 Å². The zero-order chi connectivity index (χ0) is 21.0. The van der Waals surface area contributed by atoms with E-state index in [0.717, 1.165) is 38.0 Å². The average molecular weight is 401 g/mol. The van der Waals surface area contributed by atoms with Gasteiger partial charge in [-0.25, -0.2) is 0 Å². The average Bonchev–Trinajstić information content (AvgIpc) is 2.93. The number of carbonyl (C=O) groups excluding carboxylic acids is 1. The normalized spacial score (nSPS) is 43.2. The van der Waals surface area contributed by atoms with Crippen LogP contribution in [0.25, 0.3) is 0 Å². The van der Waals surface area contributed by atoms with Gasteiger partial charge in [-0.2, -0.15) is 0 Å². The summed E-state index contributed by atoms with van der Waals surface area (Å²) in [4.78, 5) is 13.4. The summed E-state index contributed by atoms with van der Waals surface area (Å²) in [6.07, 6.45) is 12.3. The third kappa shape index (κ3) is 3.56. The van der Waals surface area contributed by atoms with Gasteiger partial charge in [-0.3, -0.25) is 4.79 Å². The number of Topliss-reactive ketones (excluding diaryl/α,β-unsaturated/α-hetero) is 1. The molecule has 0 aromatic carbocycles. The van der Waals surface area contributed by atoms with Crippen LogP contribution in [0.3, 0.4) is 0 Å². The summed E-state index contributed by atoms with van der Waals surface area (Å²) in [5.74, 6) is 3.39. The highest BCUT2D eigenvalue weighted by atomic mass is 16.3. The number of aliphatic hydroxyl groups excluding tert-OH is 1. The van der Waals surface area contributed by atoms with Crippen molar-refractivity contribution < 1.29 is 9.90 Å². The molecule has 2 saturated carbocycles. The molecule has 0 saturated heterocycles. The summed E-state index contributed by atoms with van der Waals surface area (Å²) in [6, 6.07) is 0. The molecule has 0 heterocycles. The van der Waals surface area contributed by atoms with Crippen LogP contribution in [-0.4, -0.2) is 17.0 Å². The molecule has 0 unspecified atom stereocenters. The highest BCUT2D eigenvalue weighted by Gasteiger charge is 2.59. The number of fused-ring (bicyclic) bond motifs is 4. The van der Waals surface area contributed by atoms with Crippen LogP contribution in [0.5, 0.6) is 0 Å². The van der Waals surface area contributed by atoms with Gasteiger partial charge in [0.1, 0.15) is 5.78 Å². The smallest absolute Gasteiger partial charge is 0.140 e. The van der Waals surface area contributed by atoms with Gasteiger partial charge in [0.05, 0.1) is 6.10 Å². The maximum absolute atomic E-state index is 13.4. The van der Waals surface area contributed by atoms with Gasteiger partial charge in [0.15, 0.2) is 0 Å². The summed E-state index contributed by atoms with van der Waals surface area (Å²) < 4.78 is 0. The Balaban J connectivity index is 1.58. The van der Waals surface area contributed by atoms with Gasteiger partial charge in [-0.05, 0) is 79.4 Å². The Hall–Kier alpha value is -0.630. The van der Waals surface area contributed by atoms with Crippen LogP contribution in [0.4, 0.5) is 0 Å². The van der Waals surface area contributed by atoms with Crippen molar-refractivity contribution in [3.8, 4) is 0 Å². The van der Waals surface area contributed by atoms with E-state index in [1.165, 1.54) is 38.5 Å². The molecule has 0 aromatic rings. The van der Waals surface area contributed by atoms with Crippen molar-refractivity contribution in [1.29, 1.82) is 0 Å². The van der Waals surface area contributed by atoms with Gasteiger partial charge in [0.25, 0.3) is 0 Å². The first kappa shape index (κ1) is 21.6. The largest absolute Gasteiger partial charge is 0.393 e. The minimum Gasteiger partial charge on any atom is -0.393 e. The van der Waals surface area contributed by atoms with E-state index in [4.69, 9.17) is 0 Å². The predicted octanol–water partition coefficient (Wildman–Crippen LogP) is 6.71. The summed E-state index contributed by atoms with van der Waals surface area (Å²) in [6.45, 7) is 12.0. The van der Waals surface area contributed by atoms with E-state index in [-0.39, 0.29) is 22.9 Å². The molecule has 0 amide bonds. The molecule has 0 aromatic heterocycles. The van der Waals surface area contributed by atoms with E-state index in [1.807, 2.05) is 0 Å². The molecule has 2 heteroatoms. The quantitative estimate of drug-likeness (QED) is 0.521. The number of rotatable bonds is 5. The highest BCUT2D eigenvalue weighted by molar-refractivity contribution is 5.88. The highest BCUT2D eigenvalue weighted by Crippen LogP contribution is 2.65. The standard InChI is InChI=1S/C27H44O2/c1-17(2)7-6-8-18(3)23-16-24(29)25-21-10-9-19-15-20(28)11-13-26(19,4)22(21)12-14-27(23,25)5/h17-20,23,25,28H,6-16H2,1-5H3/t18-,19+,20+,23-,25-,26+,27-/m1/s1. The second kappa shape index (κ2) is 7.81. The number of hydrogen-bond acceptors (Lipinski definition) is 2. The second-order valence-corrected chi connectivity index (χ2v) is 12.1. The van der Waals surface area contributed by atoms with E-state index < -0.39 is 0 Å². The summed E-state index contributed by atoms with van der Waals surface area (Å²) in [5.41, 5.74) is 3.65. The molecule has 4 rings (SSSR count). The fourth-order valence-electron chi connectivity index (χ4n) is 8.19. The van der Waals surface area contributed by atoms with Crippen LogP contribution in [0.1, 0.15) is 105 Å². The topological polar surface area (TPSA) is 37.3 Å². The number of ketones is 1. The van der Waals surface area contributed by atoms with E-state index in [0.29, 0.717) is 23.5 Å². The lowest BCUT2D eigenvalue weighted by Gasteiger charge is -2.54. The van der Waals surface area contributed by atoms with Crippen LogP contribution < -0.4 is 0 Å². The fraction of sp³-hybridized carbons (Fsp3) is 0.889. The van der Waals surface area contributed by atoms with E-state index in [1.54, 1.807) is 11.1 Å². The first-order chi connectivity index (χ1) is 13.7. The van der Waals surface area contributed by atoms with Crippen LogP contribution in [0.15, 0.2) is 11.1 Å². The molecule has 4 aliphatic rings. The van der Waals surface area contributed by atoms with Crippen molar-refractivity contribution in [3.05, 3.63) is 11.1 Å². The zero-order valence-electron chi connectivity index (χ0n) is 19.6. The Morgan fingerprint density at radius 1 is 1.07 bits per heavy atom. The molecular formula is C27H44O2. The Bertz CT molecular complexity index is 676. The van der Waals surface area contributed by atoms with Gasteiger partial charge in [-0.15, -0.1) is 0 Å². The Kier molecular flexibility index (Phi) is 5.82. The van der Waals surface area contributed by atoms with Crippen molar-refractivity contribution in [3.63, 3.8) is 0 Å². The minimum absolute atomic E-state index is 0.103. The molecule has 0 bridgehead atoms. The predicted molar refractivity (Wildman–Crippen MR) is 120 cm³/mol. The molecule has 2 nitrogen and oxygen atoms in total. The van der Waals surface area contributed by atoms with Gasteiger partial charge in [-0.1, -0.05) is 65.0 Å². The van der Waals surface area contributed by atoms with Gasteiger partial charge >= 0.3 is 0 Å². The zero-order valence-corrected chi connectivity index (χ0v) is 19.6. The van der Waals surface area contributed by atoms with Crippen molar-refractivity contribution in [2.75, 3.05) is 0 Å². The minimum atomic E-state index is -0.103. The Morgan fingerprint density at radius 2 is 1.83 bits per heavy atom. The molecule has 0 aliphatic heterocycles. The third-order valence-electron chi connectivity index (χ3n) is 9.93. The maximum atomic E-state index is 13.4. The Morgan fingerprint density at radius 3 is 2.55 bits per heavy atom. The van der Waals surface area contributed by atoms with E-state index in [9.17, 15) is 9.90 Å². The molecule has 1 N–H and O–H groups in total. The summed E-state index contributed by atoms with van der Waals surface area (Å²) >= 11 is 0. The first-order valence-corrected chi connectivity index (χ1v) is 12.6. The SMILES string of the molecule is CC(C)CCC[C@@H](C)[C@H]1CC(=O)[C@H]2C3=C(CC[C@@]21C)[C@@]1(C)CC[C@H](O)C[C@@H]1CC3. The van der Waals surface area contributed by atoms with Crippen molar-refractivity contribution >= 4 is 5.78 Å². The lowest BCUT2D eigenvalue weighted by atomic mass is 9.50. The molecule has 7 atom stereocenters. The summed E-state index contributed by atoms with van der Waals surface area (Å²) in [7, 11) is 0. The molecule has 2 fully saturated rings. The molecule has 4 aliphatic carbocycles. The van der Waals surface area contributed by atoms with Crippen molar-refractivity contribution in [1.82, 2.24) is 0 Å². The summed E-state index contributed by atoms with van der Waals surface area (Å²) in [5, 5.41) is 10.2. The maximum Gasteiger partial charge on any atom is 0.140 e. The van der Waals surface area contributed by atoms with Gasteiger partial charge in [0.2, 0.25) is 0 Å². The Labute approximate surface area is 178 Å². The monoisotopic (exact) mass is 400 g/mol. The third-order valence-corrected chi connectivity index (χ3v) is 9.93. The molecular weight excluding hydrogens is 356 g/mol. The van der Waals surface area contributed by atoms with Crippen LogP contribution in [0, 0.1) is 40.4 Å². The van der Waals surface area contributed by atoms with E-state index in [2.05, 4.69) is 34.6 Å². The molecule has 164 valence electrons. The second-order valence-electron chi connectivity index (χ2n) is 12.1. The van der Waals surface area contributed by atoms with E-state index >= 15 is 0 Å². The van der Waals surface area contributed by atoms with Crippen molar-refractivity contribution in [2.45, 2.75) is 111 Å². The molecule has 0 spiro atoms. The van der Waals surface area contributed by atoms with Gasteiger partial charge in [0, 0.05) is 12.3 Å². The number of aliphatic hydroxyl groups is 1. The fourth-order valence-corrected chi connectivity index (χ4v) is 8.19. The number of allylic oxidation sites excluding steroid dienone is 2.